The molecule has 0 saturated carbocycles. The van der Waals surface area contributed by atoms with E-state index in [4.69, 9.17) is 0 Å². The van der Waals surface area contributed by atoms with E-state index in [0.29, 0.717) is 13.1 Å². The standard InChI is InChI=1S/C9H15BrF3NO2S/c10-6-8-2-4-14(7-8)17(15,16)5-1-3-9(11,12)13/h8H,1-7H2. The second kappa shape index (κ2) is 5.88. The Morgan fingerprint density at radius 1 is 1.35 bits per heavy atom. The summed E-state index contributed by atoms with van der Waals surface area (Å²) in [6, 6.07) is 0. The molecule has 0 aromatic carbocycles. The van der Waals surface area contributed by atoms with Crippen molar-refractivity contribution >= 4 is 26.0 Å². The van der Waals surface area contributed by atoms with Gasteiger partial charge >= 0.3 is 6.18 Å². The first kappa shape index (κ1) is 15.2. The fourth-order valence-electron chi connectivity index (χ4n) is 1.76. The first-order chi connectivity index (χ1) is 7.74. The maximum Gasteiger partial charge on any atom is 0.389 e. The number of rotatable bonds is 5. The number of nitrogens with zero attached hydrogens (tertiary/aromatic N) is 1. The molecule has 0 aromatic heterocycles. The van der Waals surface area contributed by atoms with E-state index in [1.807, 2.05) is 0 Å². The average molecular weight is 338 g/mol. The van der Waals surface area contributed by atoms with Crippen molar-refractivity contribution in [3.05, 3.63) is 0 Å². The lowest BCUT2D eigenvalue weighted by atomic mass is 10.2. The van der Waals surface area contributed by atoms with Crippen molar-refractivity contribution in [2.24, 2.45) is 5.92 Å². The topological polar surface area (TPSA) is 37.4 Å². The molecular weight excluding hydrogens is 323 g/mol. The van der Waals surface area contributed by atoms with Crippen molar-refractivity contribution in [3.8, 4) is 0 Å². The zero-order chi connectivity index (χ0) is 13.1. The Hall–Kier alpha value is 0.180. The average Bonchev–Trinajstić information content (AvgIpc) is 2.63. The summed E-state index contributed by atoms with van der Waals surface area (Å²) in [5, 5.41) is 0.724. The molecule has 1 fully saturated rings. The molecule has 1 aliphatic rings. The normalized spacial score (nSPS) is 23.2. The molecule has 0 radical (unpaired) electrons. The third-order valence-corrected chi connectivity index (χ3v) is 5.56. The molecule has 17 heavy (non-hydrogen) atoms. The van der Waals surface area contributed by atoms with Crippen molar-refractivity contribution in [1.29, 1.82) is 0 Å². The van der Waals surface area contributed by atoms with Crippen molar-refractivity contribution in [2.75, 3.05) is 24.2 Å². The zero-order valence-electron chi connectivity index (χ0n) is 9.21. The van der Waals surface area contributed by atoms with Gasteiger partial charge < -0.3 is 0 Å². The van der Waals surface area contributed by atoms with Crippen LogP contribution in [0.4, 0.5) is 13.2 Å². The highest BCUT2D eigenvalue weighted by Crippen LogP contribution is 2.24. The van der Waals surface area contributed by atoms with E-state index >= 15 is 0 Å². The van der Waals surface area contributed by atoms with Crippen molar-refractivity contribution in [2.45, 2.75) is 25.4 Å². The Balaban J connectivity index is 2.42. The van der Waals surface area contributed by atoms with Crippen LogP contribution in [0.1, 0.15) is 19.3 Å². The SMILES string of the molecule is O=S(=O)(CCCC(F)(F)F)N1CCC(CBr)C1. The number of sulfonamides is 1. The Kier molecular flexibility index (Phi) is 5.27. The van der Waals surface area contributed by atoms with Gasteiger partial charge in [-0.2, -0.15) is 13.2 Å². The summed E-state index contributed by atoms with van der Waals surface area (Å²) in [5.41, 5.74) is 0. The first-order valence-electron chi connectivity index (χ1n) is 5.35. The van der Waals surface area contributed by atoms with Gasteiger partial charge in [0.2, 0.25) is 10.0 Å². The maximum absolute atomic E-state index is 11.9. The molecule has 1 atom stereocenters. The van der Waals surface area contributed by atoms with Gasteiger partial charge in [0.1, 0.15) is 0 Å². The first-order valence-corrected chi connectivity index (χ1v) is 8.08. The fraction of sp³-hybridized carbons (Fsp3) is 1.00. The molecule has 1 aliphatic heterocycles. The molecule has 1 saturated heterocycles. The van der Waals surface area contributed by atoms with Gasteiger partial charge in [-0.15, -0.1) is 0 Å². The van der Waals surface area contributed by atoms with Crippen LogP contribution in [0.25, 0.3) is 0 Å². The minimum atomic E-state index is -4.28. The van der Waals surface area contributed by atoms with E-state index in [-0.39, 0.29) is 12.3 Å². The van der Waals surface area contributed by atoms with Gasteiger partial charge in [0.05, 0.1) is 5.75 Å². The highest BCUT2D eigenvalue weighted by atomic mass is 79.9. The van der Waals surface area contributed by atoms with Crippen LogP contribution in [-0.2, 0) is 10.0 Å². The fourth-order valence-corrected chi connectivity index (χ4v) is 3.88. The van der Waals surface area contributed by atoms with Crippen molar-refractivity contribution in [3.63, 3.8) is 0 Å². The Morgan fingerprint density at radius 2 is 2.00 bits per heavy atom. The molecule has 0 aliphatic carbocycles. The molecule has 0 aromatic rings. The maximum atomic E-state index is 11.9. The molecule has 3 nitrogen and oxygen atoms in total. The summed E-state index contributed by atoms with van der Waals surface area (Å²) in [6.07, 6.45) is -4.91. The van der Waals surface area contributed by atoms with Gasteiger partial charge in [-0.3, -0.25) is 0 Å². The van der Waals surface area contributed by atoms with E-state index in [9.17, 15) is 21.6 Å². The highest BCUT2D eigenvalue weighted by Gasteiger charge is 2.32. The van der Waals surface area contributed by atoms with Crippen LogP contribution in [0.3, 0.4) is 0 Å². The summed E-state index contributed by atoms with van der Waals surface area (Å²) >= 11 is 3.28. The lowest BCUT2D eigenvalue weighted by Crippen LogP contribution is -2.31. The Bertz CT molecular complexity index is 345. The van der Waals surface area contributed by atoms with Gasteiger partial charge in [-0.25, -0.2) is 12.7 Å². The minimum absolute atomic E-state index is 0.271. The third-order valence-electron chi connectivity index (χ3n) is 2.72. The van der Waals surface area contributed by atoms with Gasteiger partial charge in [-0.05, 0) is 18.8 Å². The summed E-state index contributed by atoms with van der Waals surface area (Å²) in [5.74, 6) is -0.144. The summed E-state index contributed by atoms with van der Waals surface area (Å²) < 4.78 is 60.5. The molecule has 1 heterocycles. The predicted octanol–water partition coefficient (Wildman–Crippen LogP) is 2.38. The molecule has 0 amide bonds. The smallest absolute Gasteiger partial charge is 0.212 e. The molecule has 0 bridgehead atoms. The van der Waals surface area contributed by atoms with Crippen LogP contribution in [0, 0.1) is 5.92 Å². The molecule has 102 valence electrons. The Labute approximate surface area is 108 Å². The van der Waals surface area contributed by atoms with E-state index in [1.54, 1.807) is 0 Å². The molecule has 0 N–H and O–H groups in total. The summed E-state index contributed by atoms with van der Waals surface area (Å²) in [6.45, 7) is 0.838. The second-order valence-electron chi connectivity index (χ2n) is 4.20. The molecular formula is C9H15BrF3NO2S. The van der Waals surface area contributed by atoms with Gasteiger partial charge in [0.25, 0.3) is 0 Å². The van der Waals surface area contributed by atoms with Crippen LogP contribution in [0.15, 0.2) is 0 Å². The van der Waals surface area contributed by atoms with Crippen molar-refractivity contribution in [1.82, 2.24) is 4.31 Å². The molecule has 8 heteroatoms. The minimum Gasteiger partial charge on any atom is -0.212 e. The van der Waals surface area contributed by atoms with Crippen LogP contribution in [0.5, 0.6) is 0 Å². The monoisotopic (exact) mass is 337 g/mol. The zero-order valence-corrected chi connectivity index (χ0v) is 11.6. The van der Waals surface area contributed by atoms with Gasteiger partial charge in [0, 0.05) is 24.8 Å². The predicted molar refractivity (Wildman–Crippen MR) is 62.5 cm³/mol. The van der Waals surface area contributed by atoms with E-state index in [2.05, 4.69) is 15.9 Å². The second-order valence-corrected chi connectivity index (χ2v) is 6.94. The van der Waals surface area contributed by atoms with Crippen LogP contribution in [-0.4, -0.2) is 43.1 Å². The summed E-state index contributed by atoms with van der Waals surface area (Å²) in [4.78, 5) is 0. The van der Waals surface area contributed by atoms with Crippen LogP contribution < -0.4 is 0 Å². The largest absolute Gasteiger partial charge is 0.389 e. The number of hydrogen-bond donors (Lipinski definition) is 0. The van der Waals surface area contributed by atoms with Crippen LogP contribution >= 0.6 is 15.9 Å². The van der Waals surface area contributed by atoms with Crippen molar-refractivity contribution < 1.29 is 21.6 Å². The molecule has 0 spiro atoms. The highest BCUT2D eigenvalue weighted by molar-refractivity contribution is 9.09. The lowest BCUT2D eigenvalue weighted by Gasteiger charge is -2.16. The quantitative estimate of drug-likeness (QED) is 0.722. The molecule has 1 rings (SSSR count). The van der Waals surface area contributed by atoms with Gasteiger partial charge in [0.15, 0.2) is 0 Å². The van der Waals surface area contributed by atoms with Gasteiger partial charge in [-0.1, -0.05) is 15.9 Å². The lowest BCUT2D eigenvalue weighted by molar-refractivity contribution is -0.134. The van der Waals surface area contributed by atoms with Crippen LogP contribution in [0.2, 0.25) is 0 Å². The third kappa shape index (κ3) is 5.13. The number of alkyl halides is 4. The van der Waals surface area contributed by atoms with E-state index in [1.165, 1.54) is 4.31 Å². The summed E-state index contributed by atoms with van der Waals surface area (Å²) in [7, 11) is -3.51. The van der Waals surface area contributed by atoms with E-state index in [0.717, 1.165) is 11.8 Å². The van der Waals surface area contributed by atoms with E-state index < -0.39 is 28.4 Å². The number of halogens is 4. The molecule has 1 unspecified atom stereocenters. The Morgan fingerprint density at radius 3 is 2.47 bits per heavy atom. The number of hydrogen-bond acceptors (Lipinski definition) is 2.